The molecule has 0 atom stereocenters. The lowest BCUT2D eigenvalue weighted by atomic mass is 10.2. The molecule has 0 saturated carbocycles. The lowest BCUT2D eigenvalue weighted by Crippen LogP contribution is -2.25. The summed E-state index contributed by atoms with van der Waals surface area (Å²) in [5.74, 6) is 0.476. The number of nitrogens with one attached hydrogen (secondary N) is 2. The molecule has 0 aliphatic carbocycles. The highest BCUT2D eigenvalue weighted by molar-refractivity contribution is 5.94. The first-order valence-electron chi connectivity index (χ1n) is 7.46. The second kappa shape index (κ2) is 8.58. The van der Waals surface area contributed by atoms with Crippen LogP contribution in [0.4, 0.5) is 5.69 Å². The number of hydrogen-bond donors (Lipinski definition) is 2. The van der Waals surface area contributed by atoms with E-state index in [2.05, 4.69) is 10.6 Å². The van der Waals surface area contributed by atoms with E-state index in [0.29, 0.717) is 36.4 Å². The van der Waals surface area contributed by atoms with Crippen LogP contribution < -0.4 is 15.4 Å². The van der Waals surface area contributed by atoms with E-state index in [1.54, 1.807) is 31.4 Å². The van der Waals surface area contributed by atoms with Crippen LogP contribution >= 0.6 is 0 Å². The number of rotatable bonds is 7. The van der Waals surface area contributed by atoms with Gasteiger partial charge in [-0.2, -0.15) is 0 Å². The maximum Gasteiger partial charge on any atom is 0.251 e. The Morgan fingerprint density at radius 1 is 1.04 bits per heavy atom. The molecule has 2 N–H and O–H groups in total. The smallest absolute Gasteiger partial charge is 0.251 e. The molecule has 0 heterocycles. The highest BCUT2D eigenvalue weighted by Gasteiger charge is 2.06. The molecule has 0 spiro atoms. The van der Waals surface area contributed by atoms with Crippen molar-refractivity contribution in [2.45, 2.75) is 12.8 Å². The third-order valence-electron chi connectivity index (χ3n) is 3.26. The topological polar surface area (TPSA) is 67.4 Å². The number of benzene rings is 2. The molecule has 0 aliphatic rings. The van der Waals surface area contributed by atoms with Gasteiger partial charge in [-0.05, 0) is 30.7 Å². The predicted octanol–water partition coefficient (Wildman–Crippen LogP) is 2.84. The highest BCUT2D eigenvalue weighted by Crippen LogP contribution is 2.16. The van der Waals surface area contributed by atoms with Gasteiger partial charge in [0.1, 0.15) is 5.75 Å². The number of hydrogen-bond acceptors (Lipinski definition) is 3. The minimum absolute atomic E-state index is 0.0905. The molecule has 0 saturated heterocycles. The molecule has 2 aromatic carbocycles. The van der Waals surface area contributed by atoms with E-state index in [-0.39, 0.29) is 11.8 Å². The number of carbonyl (C=O) groups is 2. The molecule has 0 unspecified atom stereocenters. The fourth-order valence-corrected chi connectivity index (χ4v) is 2.07. The van der Waals surface area contributed by atoms with Crippen LogP contribution in [0.3, 0.4) is 0 Å². The summed E-state index contributed by atoms with van der Waals surface area (Å²) in [5, 5.41) is 5.60. The molecule has 0 aliphatic heterocycles. The number of methoxy groups -OCH3 is 1. The van der Waals surface area contributed by atoms with E-state index >= 15 is 0 Å². The molecule has 120 valence electrons. The number of anilines is 1. The van der Waals surface area contributed by atoms with Crippen molar-refractivity contribution in [1.82, 2.24) is 5.32 Å². The summed E-state index contributed by atoms with van der Waals surface area (Å²) in [6.45, 7) is 0.458. The molecule has 0 aromatic heterocycles. The second-order valence-corrected chi connectivity index (χ2v) is 5.01. The van der Waals surface area contributed by atoms with Gasteiger partial charge in [0.2, 0.25) is 5.91 Å². The van der Waals surface area contributed by atoms with E-state index in [9.17, 15) is 9.59 Å². The van der Waals surface area contributed by atoms with Gasteiger partial charge in [-0.25, -0.2) is 0 Å². The van der Waals surface area contributed by atoms with Gasteiger partial charge in [-0.1, -0.05) is 24.3 Å². The van der Waals surface area contributed by atoms with Crippen LogP contribution in [0, 0.1) is 0 Å². The molecule has 0 fully saturated rings. The Labute approximate surface area is 135 Å². The first kappa shape index (κ1) is 16.5. The van der Waals surface area contributed by atoms with Crippen molar-refractivity contribution in [2.75, 3.05) is 19.0 Å². The molecule has 2 amide bonds. The van der Waals surface area contributed by atoms with E-state index in [1.165, 1.54) is 0 Å². The summed E-state index contributed by atoms with van der Waals surface area (Å²) in [6, 6.07) is 16.2. The predicted molar refractivity (Wildman–Crippen MR) is 89.6 cm³/mol. The normalized spacial score (nSPS) is 9.96. The number of carbonyl (C=O) groups excluding carboxylic acids is 2. The van der Waals surface area contributed by atoms with Gasteiger partial charge in [0, 0.05) is 30.3 Å². The summed E-state index contributed by atoms with van der Waals surface area (Å²) >= 11 is 0. The fourth-order valence-electron chi connectivity index (χ4n) is 2.07. The minimum Gasteiger partial charge on any atom is -0.497 e. The van der Waals surface area contributed by atoms with Gasteiger partial charge < -0.3 is 15.4 Å². The van der Waals surface area contributed by atoms with Crippen LogP contribution in [0.25, 0.3) is 0 Å². The number of amides is 2. The van der Waals surface area contributed by atoms with Crippen LogP contribution in [0.2, 0.25) is 0 Å². The van der Waals surface area contributed by atoms with Crippen molar-refractivity contribution in [3.05, 3.63) is 60.2 Å². The maximum absolute atomic E-state index is 11.9. The molecule has 5 heteroatoms. The Hall–Kier alpha value is -2.82. The Morgan fingerprint density at radius 2 is 1.83 bits per heavy atom. The average molecular weight is 312 g/mol. The van der Waals surface area contributed by atoms with Crippen molar-refractivity contribution in [3.8, 4) is 5.75 Å². The molecule has 23 heavy (non-hydrogen) atoms. The number of ether oxygens (including phenoxy) is 1. The summed E-state index contributed by atoms with van der Waals surface area (Å²) in [6.07, 6.45) is 0.917. The Balaban J connectivity index is 1.69. The summed E-state index contributed by atoms with van der Waals surface area (Å²) in [7, 11) is 1.58. The lowest BCUT2D eigenvalue weighted by molar-refractivity contribution is -0.116. The van der Waals surface area contributed by atoms with Crippen LogP contribution in [0.5, 0.6) is 5.75 Å². The third kappa shape index (κ3) is 5.47. The van der Waals surface area contributed by atoms with Crippen molar-refractivity contribution in [3.63, 3.8) is 0 Å². The fraction of sp³-hybridized carbons (Fsp3) is 0.222. The van der Waals surface area contributed by atoms with Crippen LogP contribution in [-0.2, 0) is 4.79 Å². The Bertz CT molecular complexity index is 656. The molecule has 5 nitrogen and oxygen atoms in total. The molecule has 0 bridgehead atoms. The van der Waals surface area contributed by atoms with Crippen molar-refractivity contribution in [2.24, 2.45) is 0 Å². The SMILES string of the molecule is COc1cccc(NC(=O)CCCNC(=O)c2ccccc2)c1. The Kier molecular flexibility index (Phi) is 6.17. The van der Waals surface area contributed by atoms with E-state index in [0.717, 1.165) is 0 Å². The zero-order valence-corrected chi connectivity index (χ0v) is 13.0. The third-order valence-corrected chi connectivity index (χ3v) is 3.26. The molecular formula is C18H20N2O3. The average Bonchev–Trinajstić information content (AvgIpc) is 2.59. The molecule has 2 aromatic rings. The zero-order valence-electron chi connectivity index (χ0n) is 13.0. The zero-order chi connectivity index (χ0) is 16.5. The van der Waals surface area contributed by atoms with Crippen molar-refractivity contribution in [1.29, 1.82) is 0 Å². The van der Waals surface area contributed by atoms with Gasteiger partial charge >= 0.3 is 0 Å². The second-order valence-electron chi connectivity index (χ2n) is 5.01. The largest absolute Gasteiger partial charge is 0.497 e. The maximum atomic E-state index is 11.9. The summed E-state index contributed by atoms with van der Waals surface area (Å²) in [4.78, 5) is 23.7. The van der Waals surface area contributed by atoms with E-state index in [4.69, 9.17) is 4.74 Å². The summed E-state index contributed by atoms with van der Waals surface area (Å²) < 4.78 is 5.10. The van der Waals surface area contributed by atoms with Crippen LogP contribution in [0.15, 0.2) is 54.6 Å². The summed E-state index contributed by atoms with van der Waals surface area (Å²) in [5.41, 5.74) is 1.32. The van der Waals surface area contributed by atoms with Gasteiger partial charge in [0.05, 0.1) is 7.11 Å². The van der Waals surface area contributed by atoms with Gasteiger partial charge in [0.25, 0.3) is 5.91 Å². The van der Waals surface area contributed by atoms with Crippen LogP contribution in [0.1, 0.15) is 23.2 Å². The van der Waals surface area contributed by atoms with E-state index in [1.807, 2.05) is 30.3 Å². The quantitative estimate of drug-likeness (QED) is 0.773. The molecular weight excluding hydrogens is 292 g/mol. The van der Waals surface area contributed by atoms with Crippen LogP contribution in [-0.4, -0.2) is 25.5 Å². The van der Waals surface area contributed by atoms with Crippen molar-refractivity contribution < 1.29 is 14.3 Å². The minimum atomic E-state index is -0.126. The highest BCUT2D eigenvalue weighted by atomic mass is 16.5. The van der Waals surface area contributed by atoms with E-state index < -0.39 is 0 Å². The standard InChI is InChI=1S/C18H20N2O3/c1-23-16-10-5-9-15(13-16)20-17(21)11-6-12-19-18(22)14-7-3-2-4-8-14/h2-5,7-10,13H,6,11-12H2,1H3,(H,19,22)(H,20,21). The van der Waals surface area contributed by atoms with Gasteiger partial charge in [-0.15, -0.1) is 0 Å². The van der Waals surface area contributed by atoms with Gasteiger partial charge in [0.15, 0.2) is 0 Å². The monoisotopic (exact) mass is 312 g/mol. The Morgan fingerprint density at radius 3 is 2.57 bits per heavy atom. The van der Waals surface area contributed by atoms with Crippen molar-refractivity contribution >= 4 is 17.5 Å². The first-order chi connectivity index (χ1) is 11.2. The first-order valence-corrected chi connectivity index (χ1v) is 7.46. The molecule has 0 radical (unpaired) electrons. The molecule has 2 rings (SSSR count). The van der Waals surface area contributed by atoms with Gasteiger partial charge in [-0.3, -0.25) is 9.59 Å². The lowest BCUT2D eigenvalue weighted by Gasteiger charge is -2.08.